The quantitative estimate of drug-likeness (QED) is 0.744. The number of H-pyrrole nitrogens is 1. The molecule has 0 atom stereocenters. The Labute approximate surface area is 120 Å². The Hall–Kier alpha value is -2.56. The highest BCUT2D eigenvalue weighted by Gasteiger charge is 2.15. The molecular weight excluding hydrogens is 271 g/mol. The number of rotatable bonds is 1. The molecule has 0 saturated carbocycles. The molecule has 4 nitrogen and oxygen atoms in total. The summed E-state index contributed by atoms with van der Waals surface area (Å²) in [6, 6.07) is 8.57. The Morgan fingerprint density at radius 3 is 2.57 bits per heavy atom. The fraction of sp³-hybridized carbons (Fsp3) is 0.188. The molecule has 106 valence electrons. The molecule has 3 aromatic rings. The Morgan fingerprint density at radius 2 is 1.81 bits per heavy atom. The van der Waals surface area contributed by atoms with Gasteiger partial charge < -0.3 is 14.5 Å². The standard InChI is InChI=1S/C16H13FN2O2/c1-9-4-10(6-11(17)5-9)16-18-12-7-14-15(8-13(12)19-16)21-3-2-20-14/h4-8H,2-3H2,1H3,(H,18,19). The number of benzene rings is 2. The van der Waals surface area contributed by atoms with Crippen molar-refractivity contribution in [3.05, 3.63) is 41.7 Å². The van der Waals surface area contributed by atoms with Crippen molar-refractivity contribution in [3.63, 3.8) is 0 Å². The van der Waals surface area contributed by atoms with Crippen molar-refractivity contribution in [2.24, 2.45) is 0 Å². The molecule has 1 aliphatic heterocycles. The third kappa shape index (κ3) is 2.11. The fourth-order valence-electron chi connectivity index (χ4n) is 2.56. The van der Waals surface area contributed by atoms with E-state index in [9.17, 15) is 4.39 Å². The maximum Gasteiger partial charge on any atom is 0.163 e. The normalized spacial score (nSPS) is 13.6. The third-order valence-corrected chi connectivity index (χ3v) is 3.46. The lowest BCUT2D eigenvalue weighted by molar-refractivity contribution is 0.172. The molecule has 1 aromatic heterocycles. The van der Waals surface area contributed by atoms with Crippen molar-refractivity contribution < 1.29 is 13.9 Å². The van der Waals surface area contributed by atoms with Gasteiger partial charge in [-0.3, -0.25) is 0 Å². The molecule has 1 aliphatic rings. The molecule has 0 saturated heterocycles. The van der Waals surface area contributed by atoms with Gasteiger partial charge in [-0.25, -0.2) is 9.37 Å². The van der Waals surface area contributed by atoms with Crippen molar-refractivity contribution in [1.29, 1.82) is 0 Å². The minimum atomic E-state index is -0.267. The zero-order chi connectivity index (χ0) is 14.4. The first kappa shape index (κ1) is 12.2. The summed E-state index contributed by atoms with van der Waals surface area (Å²) in [5.74, 6) is 1.77. The van der Waals surface area contributed by atoms with Gasteiger partial charge in [0.1, 0.15) is 24.9 Å². The number of imidazole rings is 1. The zero-order valence-electron chi connectivity index (χ0n) is 11.4. The summed E-state index contributed by atoms with van der Waals surface area (Å²) in [5.41, 5.74) is 3.20. The molecule has 0 unspecified atom stereocenters. The predicted octanol–water partition coefficient (Wildman–Crippen LogP) is 3.45. The molecule has 0 spiro atoms. The van der Waals surface area contributed by atoms with E-state index in [1.165, 1.54) is 12.1 Å². The summed E-state index contributed by atoms with van der Waals surface area (Å²) in [4.78, 5) is 7.72. The first-order chi connectivity index (χ1) is 10.2. The molecule has 0 amide bonds. The van der Waals surface area contributed by atoms with Crippen LogP contribution in [0.25, 0.3) is 22.4 Å². The van der Waals surface area contributed by atoms with Gasteiger partial charge in [-0.05, 0) is 30.7 Å². The van der Waals surface area contributed by atoms with E-state index in [0.29, 0.717) is 30.5 Å². The van der Waals surface area contributed by atoms with Gasteiger partial charge in [-0.15, -0.1) is 0 Å². The van der Waals surface area contributed by atoms with Crippen LogP contribution in [0.4, 0.5) is 4.39 Å². The minimum absolute atomic E-state index is 0.267. The average molecular weight is 284 g/mol. The van der Waals surface area contributed by atoms with E-state index in [1.54, 1.807) is 0 Å². The van der Waals surface area contributed by atoms with Gasteiger partial charge in [-0.1, -0.05) is 0 Å². The number of ether oxygens (including phenoxy) is 2. The molecule has 1 N–H and O–H groups in total. The van der Waals surface area contributed by atoms with Crippen LogP contribution in [-0.4, -0.2) is 23.2 Å². The van der Waals surface area contributed by atoms with E-state index in [2.05, 4.69) is 9.97 Å². The molecule has 5 heteroatoms. The summed E-state index contributed by atoms with van der Waals surface area (Å²) >= 11 is 0. The van der Waals surface area contributed by atoms with Crippen LogP contribution in [0.1, 0.15) is 5.56 Å². The van der Waals surface area contributed by atoms with E-state index in [0.717, 1.165) is 22.2 Å². The van der Waals surface area contributed by atoms with E-state index in [1.807, 2.05) is 25.1 Å². The molecule has 0 radical (unpaired) electrons. The number of nitrogens with zero attached hydrogens (tertiary/aromatic N) is 1. The van der Waals surface area contributed by atoms with E-state index >= 15 is 0 Å². The molecule has 0 fully saturated rings. The van der Waals surface area contributed by atoms with Gasteiger partial charge in [0.15, 0.2) is 11.5 Å². The van der Waals surface area contributed by atoms with Gasteiger partial charge in [0.2, 0.25) is 0 Å². The maximum absolute atomic E-state index is 13.5. The predicted molar refractivity (Wildman–Crippen MR) is 77.2 cm³/mol. The van der Waals surface area contributed by atoms with Crippen molar-refractivity contribution in [1.82, 2.24) is 9.97 Å². The summed E-state index contributed by atoms with van der Waals surface area (Å²) in [6.45, 7) is 2.94. The first-order valence-electron chi connectivity index (χ1n) is 6.76. The van der Waals surface area contributed by atoms with E-state index in [-0.39, 0.29) is 5.82 Å². The van der Waals surface area contributed by atoms with Crippen molar-refractivity contribution in [2.75, 3.05) is 13.2 Å². The number of aromatic nitrogens is 2. The van der Waals surface area contributed by atoms with Crippen LogP contribution < -0.4 is 9.47 Å². The molecule has 0 aliphatic carbocycles. The molecular formula is C16H13FN2O2. The number of fused-ring (bicyclic) bond motifs is 2. The highest BCUT2D eigenvalue weighted by atomic mass is 19.1. The summed E-state index contributed by atoms with van der Waals surface area (Å²) in [6.07, 6.45) is 0. The largest absolute Gasteiger partial charge is 0.486 e. The molecule has 2 aromatic carbocycles. The van der Waals surface area contributed by atoms with Gasteiger partial charge in [0, 0.05) is 17.7 Å². The summed E-state index contributed by atoms with van der Waals surface area (Å²) in [5, 5.41) is 0. The third-order valence-electron chi connectivity index (χ3n) is 3.46. The van der Waals surface area contributed by atoms with Crippen LogP contribution in [0.15, 0.2) is 30.3 Å². The second-order valence-corrected chi connectivity index (χ2v) is 5.12. The van der Waals surface area contributed by atoms with Crippen LogP contribution >= 0.6 is 0 Å². The first-order valence-corrected chi connectivity index (χ1v) is 6.76. The second kappa shape index (κ2) is 4.48. The van der Waals surface area contributed by atoms with Crippen LogP contribution in [0, 0.1) is 12.7 Å². The van der Waals surface area contributed by atoms with Crippen LogP contribution in [0.3, 0.4) is 0 Å². The SMILES string of the molecule is Cc1cc(F)cc(-c2nc3cc4c(cc3[nH]2)OCCO4)c1. The monoisotopic (exact) mass is 284 g/mol. The lowest BCUT2D eigenvalue weighted by Crippen LogP contribution is -2.15. The molecule has 4 rings (SSSR count). The van der Waals surface area contributed by atoms with Crippen molar-refractivity contribution >= 4 is 11.0 Å². The number of aryl methyl sites for hydroxylation is 1. The van der Waals surface area contributed by atoms with Gasteiger partial charge in [-0.2, -0.15) is 0 Å². The van der Waals surface area contributed by atoms with E-state index in [4.69, 9.17) is 9.47 Å². The Kier molecular flexibility index (Phi) is 2.60. The zero-order valence-corrected chi connectivity index (χ0v) is 11.4. The lowest BCUT2D eigenvalue weighted by Gasteiger charge is -2.17. The molecule has 21 heavy (non-hydrogen) atoms. The van der Waals surface area contributed by atoms with Crippen LogP contribution in [0.5, 0.6) is 11.5 Å². The van der Waals surface area contributed by atoms with Gasteiger partial charge in [0.25, 0.3) is 0 Å². The van der Waals surface area contributed by atoms with E-state index < -0.39 is 0 Å². The Morgan fingerprint density at radius 1 is 1.05 bits per heavy atom. The highest BCUT2D eigenvalue weighted by Crippen LogP contribution is 2.34. The minimum Gasteiger partial charge on any atom is -0.486 e. The van der Waals surface area contributed by atoms with Crippen LogP contribution in [0.2, 0.25) is 0 Å². The number of hydrogen-bond acceptors (Lipinski definition) is 3. The Balaban J connectivity index is 1.86. The topological polar surface area (TPSA) is 47.1 Å². The Bertz CT molecular complexity index is 778. The molecule has 2 heterocycles. The van der Waals surface area contributed by atoms with Gasteiger partial charge >= 0.3 is 0 Å². The second-order valence-electron chi connectivity index (χ2n) is 5.12. The number of aromatic amines is 1. The number of halogens is 1. The van der Waals surface area contributed by atoms with Gasteiger partial charge in [0.05, 0.1) is 11.0 Å². The summed E-state index contributed by atoms with van der Waals surface area (Å²) < 4.78 is 24.6. The van der Waals surface area contributed by atoms with Crippen molar-refractivity contribution in [3.8, 4) is 22.9 Å². The number of hydrogen-bond donors (Lipinski definition) is 1. The average Bonchev–Trinajstić information content (AvgIpc) is 2.86. The fourth-order valence-corrected chi connectivity index (χ4v) is 2.56. The smallest absolute Gasteiger partial charge is 0.163 e. The number of nitrogens with one attached hydrogen (secondary N) is 1. The van der Waals surface area contributed by atoms with Crippen LogP contribution in [-0.2, 0) is 0 Å². The summed E-state index contributed by atoms with van der Waals surface area (Å²) in [7, 11) is 0. The van der Waals surface area contributed by atoms with Crippen molar-refractivity contribution in [2.45, 2.75) is 6.92 Å². The maximum atomic E-state index is 13.5. The molecule has 0 bridgehead atoms. The highest BCUT2D eigenvalue weighted by molar-refractivity contribution is 5.83. The lowest BCUT2D eigenvalue weighted by atomic mass is 10.1.